The second-order valence-electron chi connectivity index (χ2n) is 7.24. The Morgan fingerprint density at radius 2 is 2.05 bits per heavy atom. The van der Waals surface area contributed by atoms with E-state index in [1.807, 2.05) is 0 Å². The van der Waals surface area contributed by atoms with E-state index in [4.69, 9.17) is 0 Å². The second-order valence-corrected chi connectivity index (χ2v) is 7.24. The topological polar surface area (TPSA) is 32.3 Å². The number of likely N-dealkylation sites (tertiary alicyclic amines) is 1. The lowest BCUT2D eigenvalue weighted by Gasteiger charge is -2.36. The summed E-state index contributed by atoms with van der Waals surface area (Å²) in [6, 6.07) is 0.989. The van der Waals surface area contributed by atoms with Crippen molar-refractivity contribution < 1.29 is 4.79 Å². The highest BCUT2D eigenvalue weighted by atomic mass is 16.2. The first-order valence-corrected chi connectivity index (χ1v) is 8.61. The molecule has 2 rings (SSSR count). The molecular weight excluding hydrogens is 248 g/mol. The summed E-state index contributed by atoms with van der Waals surface area (Å²) in [5.41, 5.74) is 0. The third-order valence-electron chi connectivity index (χ3n) is 4.88. The van der Waals surface area contributed by atoms with Crippen molar-refractivity contribution in [3.8, 4) is 0 Å². The highest BCUT2D eigenvalue weighted by molar-refractivity contribution is 5.79. The average molecular weight is 280 g/mol. The average Bonchev–Trinajstić information content (AvgIpc) is 2.63. The molecule has 1 N–H and O–H groups in total. The fraction of sp³-hybridized carbons (Fsp3) is 0.941. The molecule has 2 fully saturated rings. The smallest absolute Gasteiger partial charge is 0.226 e. The maximum absolute atomic E-state index is 12.9. The van der Waals surface area contributed by atoms with Crippen molar-refractivity contribution in [3.63, 3.8) is 0 Å². The number of hydrogen-bond acceptors (Lipinski definition) is 2. The molecule has 0 spiro atoms. The van der Waals surface area contributed by atoms with Crippen LogP contribution in [0, 0.1) is 11.8 Å². The molecule has 20 heavy (non-hydrogen) atoms. The molecule has 0 aromatic heterocycles. The van der Waals surface area contributed by atoms with Gasteiger partial charge in [0.25, 0.3) is 0 Å². The third kappa shape index (κ3) is 4.21. The van der Waals surface area contributed by atoms with Gasteiger partial charge < -0.3 is 10.2 Å². The summed E-state index contributed by atoms with van der Waals surface area (Å²) in [5, 5.41) is 3.45. The van der Waals surface area contributed by atoms with Crippen LogP contribution in [0.25, 0.3) is 0 Å². The fourth-order valence-electron chi connectivity index (χ4n) is 3.85. The van der Waals surface area contributed by atoms with Crippen LogP contribution in [-0.4, -0.2) is 36.0 Å². The molecule has 2 heterocycles. The zero-order valence-electron chi connectivity index (χ0n) is 13.5. The van der Waals surface area contributed by atoms with E-state index >= 15 is 0 Å². The number of hydrogen-bond donors (Lipinski definition) is 1. The molecule has 0 bridgehead atoms. The summed E-state index contributed by atoms with van der Waals surface area (Å²) < 4.78 is 0. The van der Waals surface area contributed by atoms with E-state index in [2.05, 4.69) is 31.0 Å². The van der Waals surface area contributed by atoms with Gasteiger partial charge in [0.2, 0.25) is 5.91 Å². The number of nitrogens with zero attached hydrogens (tertiary/aromatic N) is 1. The predicted molar refractivity (Wildman–Crippen MR) is 83.6 cm³/mol. The first-order valence-electron chi connectivity index (χ1n) is 8.61. The van der Waals surface area contributed by atoms with Gasteiger partial charge in [-0.25, -0.2) is 0 Å². The van der Waals surface area contributed by atoms with Crippen molar-refractivity contribution in [1.29, 1.82) is 0 Å². The monoisotopic (exact) mass is 280 g/mol. The lowest BCUT2D eigenvalue weighted by Crippen LogP contribution is -2.48. The Balaban J connectivity index is 2.02. The molecular formula is C17H32N2O. The van der Waals surface area contributed by atoms with Crippen LogP contribution < -0.4 is 5.32 Å². The summed E-state index contributed by atoms with van der Waals surface area (Å²) in [6.45, 7) is 8.75. The van der Waals surface area contributed by atoms with E-state index in [9.17, 15) is 4.79 Å². The van der Waals surface area contributed by atoms with Gasteiger partial charge in [0.15, 0.2) is 0 Å². The number of piperidine rings is 1. The Morgan fingerprint density at radius 3 is 2.75 bits per heavy atom. The van der Waals surface area contributed by atoms with Crippen LogP contribution in [0.5, 0.6) is 0 Å². The van der Waals surface area contributed by atoms with Crippen molar-refractivity contribution in [3.05, 3.63) is 0 Å². The Labute approximate surface area is 124 Å². The van der Waals surface area contributed by atoms with Gasteiger partial charge in [0.05, 0.1) is 0 Å². The van der Waals surface area contributed by atoms with Gasteiger partial charge in [-0.3, -0.25) is 4.79 Å². The molecule has 0 saturated carbocycles. The molecule has 1 unspecified atom stereocenters. The molecule has 0 radical (unpaired) electrons. The van der Waals surface area contributed by atoms with Crippen molar-refractivity contribution in [2.24, 2.45) is 11.8 Å². The molecule has 2 aliphatic rings. The number of nitrogens with one attached hydrogen (secondary N) is 1. The van der Waals surface area contributed by atoms with E-state index in [-0.39, 0.29) is 5.92 Å². The van der Waals surface area contributed by atoms with Gasteiger partial charge in [-0.2, -0.15) is 0 Å². The largest absolute Gasteiger partial charge is 0.339 e. The molecule has 3 atom stereocenters. The molecule has 0 aliphatic carbocycles. The summed E-state index contributed by atoms with van der Waals surface area (Å²) in [7, 11) is 0. The van der Waals surface area contributed by atoms with Crippen molar-refractivity contribution in [1.82, 2.24) is 10.2 Å². The number of rotatable bonds is 3. The van der Waals surface area contributed by atoms with Crippen LogP contribution in [-0.2, 0) is 4.79 Å². The van der Waals surface area contributed by atoms with Gasteiger partial charge in [0.1, 0.15) is 0 Å². The summed E-state index contributed by atoms with van der Waals surface area (Å²) in [5.74, 6) is 1.39. The number of amides is 1. The van der Waals surface area contributed by atoms with Gasteiger partial charge in [0, 0.05) is 24.5 Å². The summed E-state index contributed by atoms with van der Waals surface area (Å²) >= 11 is 0. The molecule has 1 amide bonds. The van der Waals surface area contributed by atoms with Crippen LogP contribution in [0.3, 0.4) is 0 Å². The van der Waals surface area contributed by atoms with E-state index in [0.717, 1.165) is 25.9 Å². The number of carbonyl (C=O) groups is 1. The van der Waals surface area contributed by atoms with Gasteiger partial charge in [-0.15, -0.1) is 0 Å². The molecule has 2 saturated heterocycles. The van der Waals surface area contributed by atoms with E-state index in [1.165, 1.54) is 32.1 Å². The fourth-order valence-corrected chi connectivity index (χ4v) is 3.85. The lowest BCUT2D eigenvalue weighted by atomic mass is 9.90. The molecule has 2 aliphatic heterocycles. The zero-order chi connectivity index (χ0) is 14.5. The predicted octanol–water partition coefficient (Wildman–Crippen LogP) is 3.19. The normalized spacial score (nSPS) is 32.2. The molecule has 3 nitrogen and oxygen atoms in total. The van der Waals surface area contributed by atoms with Crippen LogP contribution >= 0.6 is 0 Å². The van der Waals surface area contributed by atoms with Crippen molar-refractivity contribution in [2.45, 2.75) is 77.8 Å². The minimum Gasteiger partial charge on any atom is -0.339 e. The van der Waals surface area contributed by atoms with Crippen molar-refractivity contribution in [2.75, 3.05) is 13.1 Å². The Kier molecular flexibility index (Phi) is 5.88. The maximum Gasteiger partial charge on any atom is 0.226 e. The Bertz CT molecular complexity index is 316. The van der Waals surface area contributed by atoms with E-state index < -0.39 is 0 Å². The number of carbonyl (C=O) groups excluding carboxylic acids is 1. The highest BCUT2D eigenvalue weighted by Gasteiger charge is 2.32. The first-order chi connectivity index (χ1) is 9.58. The van der Waals surface area contributed by atoms with Crippen LogP contribution in [0.15, 0.2) is 0 Å². The van der Waals surface area contributed by atoms with Crippen molar-refractivity contribution >= 4 is 5.91 Å². The standard InChI is InChI=1S/C17H32N2O/c1-13(2)11-16-7-5-4-6-10-19(16)17(20)15-8-9-18-14(3)12-15/h13-16,18H,4-12H2,1-3H3/t14-,15-,16?/m0/s1. The summed E-state index contributed by atoms with van der Waals surface area (Å²) in [4.78, 5) is 15.2. The minimum absolute atomic E-state index is 0.263. The van der Waals surface area contributed by atoms with Gasteiger partial charge >= 0.3 is 0 Å². The van der Waals surface area contributed by atoms with Gasteiger partial charge in [-0.05, 0) is 51.5 Å². The van der Waals surface area contributed by atoms with E-state index in [0.29, 0.717) is 23.9 Å². The zero-order valence-corrected chi connectivity index (χ0v) is 13.5. The molecule has 3 heteroatoms. The van der Waals surface area contributed by atoms with Gasteiger partial charge in [-0.1, -0.05) is 26.7 Å². The molecule has 116 valence electrons. The minimum atomic E-state index is 0.263. The van der Waals surface area contributed by atoms with Crippen LogP contribution in [0.1, 0.15) is 65.7 Å². The second kappa shape index (κ2) is 7.44. The Hall–Kier alpha value is -0.570. The van der Waals surface area contributed by atoms with Crippen LogP contribution in [0.2, 0.25) is 0 Å². The quantitative estimate of drug-likeness (QED) is 0.861. The molecule has 0 aromatic rings. The van der Waals surface area contributed by atoms with E-state index in [1.54, 1.807) is 0 Å². The molecule has 0 aromatic carbocycles. The van der Waals surface area contributed by atoms with Crippen LogP contribution in [0.4, 0.5) is 0 Å². The lowest BCUT2D eigenvalue weighted by molar-refractivity contribution is -0.139. The SMILES string of the molecule is CC(C)CC1CCCCCN1C(=O)[C@H]1CCN[C@@H](C)C1. The first kappa shape index (κ1) is 15.8. The third-order valence-corrected chi connectivity index (χ3v) is 4.88. The maximum atomic E-state index is 12.9. The summed E-state index contributed by atoms with van der Waals surface area (Å²) in [6.07, 6.45) is 8.21. The Morgan fingerprint density at radius 1 is 1.25 bits per heavy atom. The highest BCUT2D eigenvalue weighted by Crippen LogP contribution is 2.27.